The maximum atomic E-state index is 13.0. The number of nitrogens with one attached hydrogen (secondary N) is 1. The van der Waals surface area contributed by atoms with Crippen LogP contribution in [0.5, 0.6) is 0 Å². The molecule has 6 nitrogen and oxygen atoms in total. The highest BCUT2D eigenvalue weighted by Gasteiger charge is 2.29. The molecule has 154 valence electrons. The average molecular weight is 414 g/mol. The molecule has 2 aromatic carbocycles. The Labute approximate surface area is 172 Å². The molecule has 1 N–H and O–H groups in total. The van der Waals surface area contributed by atoms with Crippen molar-refractivity contribution in [3.05, 3.63) is 59.2 Å². The fraction of sp³-hybridized carbons (Fsp3) is 0.409. The van der Waals surface area contributed by atoms with Crippen LogP contribution in [0.1, 0.15) is 23.1 Å². The summed E-state index contributed by atoms with van der Waals surface area (Å²) in [5.74, 6) is -0.0782. The van der Waals surface area contributed by atoms with Crippen molar-refractivity contribution in [2.75, 3.05) is 38.0 Å². The van der Waals surface area contributed by atoms with Crippen LogP contribution in [0.2, 0.25) is 0 Å². The molecule has 0 unspecified atom stereocenters. The van der Waals surface area contributed by atoms with Crippen LogP contribution in [-0.4, -0.2) is 56.3 Å². The summed E-state index contributed by atoms with van der Waals surface area (Å²) in [7, 11) is -3.48. The zero-order valence-electron chi connectivity index (χ0n) is 16.7. The molecule has 0 bridgehead atoms. The number of amides is 1. The maximum Gasteiger partial charge on any atom is 0.243 e. The molecule has 0 saturated carbocycles. The van der Waals surface area contributed by atoms with Crippen molar-refractivity contribution in [2.45, 2.75) is 31.1 Å². The highest BCUT2D eigenvalue weighted by Crippen LogP contribution is 2.26. The molecule has 1 amide bonds. The number of carbonyl (C=O) groups excluding carboxylic acids is 1. The molecule has 0 aromatic heterocycles. The highest BCUT2D eigenvalue weighted by molar-refractivity contribution is 7.89. The summed E-state index contributed by atoms with van der Waals surface area (Å²) >= 11 is 0. The lowest BCUT2D eigenvalue weighted by Gasteiger charge is -2.33. The number of hydrogen-bond acceptors (Lipinski definition) is 4. The minimum Gasteiger partial charge on any atom is -0.325 e. The molecular formula is C22H27N3O3S. The minimum atomic E-state index is -3.48. The number of rotatable bonds is 5. The van der Waals surface area contributed by atoms with Gasteiger partial charge in [0.25, 0.3) is 0 Å². The van der Waals surface area contributed by atoms with Crippen LogP contribution in [0.15, 0.2) is 47.4 Å². The standard InChI is InChI=1S/C22H27N3O3S/c1-17-4-2-7-20(14-17)23-22(26)16-24-10-12-25(13-11-24)29(27,28)21-9-8-18-5-3-6-19(18)15-21/h2,4,7-9,14-15H,3,5-6,10-13,16H2,1H3,(H,23,26). The molecule has 4 rings (SSSR count). The van der Waals surface area contributed by atoms with Gasteiger partial charge in [0.05, 0.1) is 11.4 Å². The predicted octanol–water partition coefficient (Wildman–Crippen LogP) is 2.43. The molecule has 7 heteroatoms. The Morgan fingerprint density at radius 1 is 1.00 bits per heavy atom. The first-order valence-electron chi connectivity index (χ1n) is 10.1. The molecule has 0 spiro atoms. The first kappa shape index (κ1) is 20.1. The van der Waals surface area contributed by atoms with E-state index in [1.165, 1.54) is 5.56 Å². The lowest BCUT2D eigenvalue weighted by atomic mass is 10.1. The third-order valence-electron chi connectivity index (χ3n) is 5.71. The fourth-order valence-corrected chi connectivity index (χ4v) is 5.59. The van der Waals surface area contributed by atoms with E-state index in [-0.39, 0.29) is 12.5 Å². The number of carbonyl (C=O) groups is 1. The van der Waals surface area contributed by atoms with Gasteiger partial charge >= 0.3 is 0 Å². The van der Waals surface area contributed by atoms with Crippen LogP contribution >= 0.6 is 0 Å². The number of fused-ring (bicyclic) bond motifs is 1. The third kappa shape index (κ3) is 4.52. The van der Waals surface area contributed by atoms with Crippen molar-refractivity contribution >= 4 is 21.6 Å². The number of hydrogen-bond donors (Lipinski definition) is 1. The molecule has 1 heterocycles. The second-order valence-corrected chi connectivity index (χ2v) is 9.82. The summed E-state index contributed by atoms with van der Waals surface area (Å²) in [5, 5.41) is 2.91. The van der Waals surface area contributed by atoms with Gasteiger partial charge in [0.2, 0.25) is 15.9 Å². The van der Waals surface area contributed by atoms with Gasteiger partial charge in [-0.15, -0.1) is 0 Å². The molecule has 1 saturated heterocycles. The molecular weight excluding hydrogens is 386 g/mol. The summed E-state index contributed by atoms with van der Waals surface area (Å²) < 4.78 is 27.6. The van der Waals surface area contributed by atoms with Gasteiger partial charge in [-0.25, -0.2) is 8.42 Å². The van der Waals surface area contributed by atoms with E-state index in [0.717, 1.165) is 36.1 Å². The number of aryl methyl sites for hydroxylation is 3. The molecule has 1 aliphatic heterocycles. The van der Waals surface area contributed by atoms with Crippen molar-refractivity contribution in [1.82, 2.24) is 9.21 Å². The van der Waals surface area contributed by atoms with Crippen molar-refractivity contribution in [1.29, 1.82) is 0 Å². The smallest absolute Gasteiger partial charge is 0.243 e. The summed E-state index contributed by atoms with van der Waals surface area (Å²) in [6, 6.07) is 13.2. The summed E-state index contributed by atoms with van der Waals surface area (Å²) in [5.41, 5.74) is 4.31. The SMILES string of the molecule is Cc1cccc(NC(=O)CN2CCN(S(=O)(=O)c3ccc4c(c3)CCC4)CC2)c1. The second-order valence-electron chi connectivity index (χ2n) is 7.88. The normalized spacial score (nSPS) is 17.8. The van der Waals surface area contributed by atoms with Gasteiger partial charge in [-0.3, -0.25) is 9.69 Å². The molecule has 2 aliphatic rings. The van der Waals surface area contributed by atoms with Gasteiger partial charge in [0.1, 0.15) is 0 Å². The highest BCUT2D eigenvalue weighted by atomic mass is 32.2. The molecule has 29 heavy (non-hydrogen) atoms. The van der Waals surface area contributed by atoms with E-state index in [9.17, 15) is 13.2 Å². The van der Waals surface area contributed by atoms with E-state index in [1.807, 2.05) is 48.2 Å². The van der Waals surface area contributed by atoms with Crippen molar-refractivity contribution in [2.24, 2.45) is 0 Å². The third-order valence-corrected chi connectivity index (χ3v) is 7.60. The first-order valence-corrected chi connectivity index (χ1v) is 11.6. The number of nitrogens with zero attached hydrogens (tertiary/aromatic N) is 2. The Morgan fingerprint density at radius 2 is 1.76 bits per heavy atom. The minimum absolute atomic E-state index is 0.0782. The lowest BCUT2D eigenvalue weighted by molar-refractivity contribution is -0.117. The van der Waals surface area contributed by atoms with E-state index in [4.69, 9.17) is 0 Å². The van der Waals surface area contributed by atoms with Crippen LogP contribution in [-0.2, 0) is 27.7 Å². The summed E-state index contributed by atoms with van der Waals surface area (Å²) in [6.45, 7) is 4.14. The Hall–Kier alpha value is -2.22. The van der Waals surface area contributed by atoms with Crippen molar-refractivity contribution in [3.8, 4) is 0 Å². The van der Waals surface area contributed by atoms with Gasteiger partial charge < -0.3 is 5.32 Å². The predicted molar refractivity (Wildman–Crippen MR) is 113 cm³/mol. The van der Waals surface area contributed by atoms with E-state index in [2.05, 4.69) is 5.32 Å². The number of piperazine rings is 1. The maximum absolute atomic E-state index is 13.0. The van der Waals surface area contributed by atoms with Crippen LogP contribution in [0.4, 0.5) is 5.69 Å². The second kappa shape index (κ2) is 8.26. The van der Waals surface area contributed by atoms with Gasteiger partial charge in [-0.1, -0.05) is 18.2 Å². The van der Waals surface area contributed by atoms with E-state index < -0.39 is 10.0 Å². The molecule has 2 aromatic rings. The summed E-state index contributed by atoms with van der Waals surface area (Å²) in [4.78, 5) is 14.7. The molecule has 1 fully saturated rings. The molecule has 0 radical (unpaired) electrons. The molecule has 0 atom stereocenters. The van der Waals surface area contributed by atoms with Crippen molar-refractivity contribution < 1.29 is 13.2 Å². The first-order chi connectivity index (χ1) is 13.9. The van der Waals surface area contributed by atoms with Gasteiger partial charge in [-0.05, 0) is 67.1 Å². The zero-order valence-corrected chi connectivity index (χ0v) is 17.5. The zero-order chi connectivity index (χ0) is 20.4. The Morgan fingerprint density at radius 3 is 2.52 bits per heavy atom. The summed E-state index contributed by atoms with van der Waals surface area (Å²) in [6.07, 6.45) is 3.10. The number of sulfonamides is 1. The number of anilines is 1. The van der Waals surface area contributed by atoms with Crippen LogP contribution < -0.4 is 5.32 Å². The van der Waals surface area contributed by atoms with Crippen LogP contribution in [0.3, 0.4) is 0 Å². The fourth-order valence-electron chi connectivity index (χ4n) is 4.11. The quantitative estimate of drug-likeness (QED) is 0.817. The lowest BCUT2D eigenvalue weighted by Crippen LogP contribution is -2.50. The monoisotopic (exact) mass is 413 g/mol. The van der Waals surface area contributed by atoms with Gasteiger partial charge in [0, 0.05) is 31.9 Å². The molecule has 1 aliphatic carbocycles. The van der Waals surface area contributed by atoms with E-state index in [1.54, 1.807) is 10.4 Å². The van der Waals surface area contributed by atoms with Crippen LogP contribution in [0, 0.1) is 6.92 Å². The average Bonchev–Trinajstić information content (AvgIpc) is 3.16. The Bertz CT molecular complexity index is 1010. The largest absolute Gasteiger partial charge is 0.325 e. The van der Waals surface area contributed by atoms with E-state index in [0.29, 0.717) is 31.1 Å². The topological polar surface area (TPSA) is 69.7 Å². The van der Waals surface area contributed by atoms with Gasteiger partial charge in [-0.2, -0.15) is 4.31 Å². The number of benzene rings is 2. The van der Waals surface area contributed by atoms with Gasteiger partial charge in [0.15, 0.2) is 0 Å². The van der Waals surface area contributed by atoms with Crippen LogP contribution in [0.25, 0.3) is 0 Å². The van der Waals surface area contributed by atoms with Crippen molar-refractivity contribution in [3.63, 3.8) is 0 Å². The Balaban J connectivity index is 1.33. The van der Waals surface area contributed by atoms with E-state index >= 15 is 0 Å². The Kier molecular flexibility index (Phi) is 5.72.